The minimum Gasteiger partial charge on any atom is -0.497 e. The highest BCUT2D eigenvalue weighted by Crippen LogP contribution is 2.59. The molecule has 62 heavy (non-hydrogen) atoms. The Kier molecular flexibility index (Phi) is 13.8. The second-order valence-corrected chi connectivity index (χ2v) is 15.6. The number of esters is 1. The first-order chi connectivity index (χ1) is 30.0. The summed E-state index contributed by atoms with van der Waals surface area (Å²) in [7, 11) is 3.33. The molecule has 0 saturated carbocycles. The smallest absolute Gasteiger partial charge is 0.333 e. The zero-order valence-corrected chi connectivity index (χ0v) is 36.4. The molecule has 1 N–H and O–H groups in total. The molecule has 0 spiro atoms. The second kappa shape index (κ2) is 19.4. The summed E-state index contributed by atoms with van der Waals surface area (Å²) < 4.78 is 47.5. The molecule has 324 valence electrons. The Hall–Kier alpha value is -5.98. The summed E-state index contributed by atoms with van der Waals surface area (Å²) in [5.74, 6) is 1.51. The van der Waals surface area contributed by atoms with E-state index in [2.05, 4.69) is 105 Å². The van der Waals surface area contributed by atoms with Crippen LogP contribution in [0.4, 0.5) is 0 Å². The Balaban J connectivity index is 1.07. The van der Waals surface area contributed by atoms with E-state index in [1.54, 1.807) is 21.1 Å². The standard InChI is InChI=1S/C51H55NO10/c1-33(2)49(54)60-23-22-52-45(53)32-59-27-26-57-24-25-58-28-29-61-50(5)44-31-35(4)9-19-41(44)46-40-18-8-34(3)30-43(40)48-42(47(46)50)20-21-51(62-48,36-10-14-38(55-6)15-11-36)37-12-16-39(56-7)17-13-37/h8-21,30-31H,1,22-29,32H2,2-7H3,(H,52,53). The van der Waals surface area contributed by atoms with Gasteiger partial charge >= 0.3 is 5.97 Å². The van der Waals surface area contributed by atoms with Crippen molar-refractivity contribution in [3.8, 4) is 28.4 Å². The summed E-state index contributed by atoms with van der Waals surface area (Å²) in [5, 5.41) is 4.75. The molecule has 5 aromatic carbocycles. The molecule has 11 heteroatoms. The lowest BCUT2D eigenvalue weighted by Gasteiger charge is -2.39. The van der Waals surface area contributed by atoms with Crippen molar-refractivity contribution in [3.05, 3.63) is 142 Å². The van der Waals surface area contributed by atoms with Crippen molar-refractivity contribution in [1.82, 2.24) is 5.32 Å². The summed E-state index contributed by atoms with van der Waals surface area (Å²) in [6.45, 7) is 13.6. The van der Waals surface area contributed by atoms with Crippen LogP contribution in [0.1, 0.15) is 52.8 Å². The third-order valence-corrected chi connectivity index (χ3v) is 11.3. The van der Waals surface area contributed by atoms with Crippen LogP contribution in [0.3, 0.4) is 0 Å². The normalized spacial score (nSPS) is 15.6. The molecule has 2 aliphatic rings. The van der Waals surface area contributed by atoms with Gasteiger partial charge in [0.25, 0.3) is 0 Å². The topological polar surface area (TPSA) is 120 Å². The van der Waals surface area contributed by atoms with E-state index in [-0.39, 0.29) is 32.3 Å². The van der Waals surface area contributed by atoms with Gasteiger partial charge in [-0.05, 0) is 86.2 Å². The maximum absolute atomic E-state index is 12.0. The van der Waals surface area contributed by atoms with Gasteiger partial charge in [0.1, 0.15) is 36.1 Å². The minimum atomic E-state index is -0.962. The van der Waals surface area contributed by atoms with Crippen LogP contribution >= 0.6 is 0 Å². The predicted octanol–water partition coefficient (Wildman–Crippen LogP) is 8.37. The summed E-state index contributed by atoms with van der Waals surface area (Å²) in [6, 6.07) is 29.3. The molecular weight excluding hydrogens is 787 g/mol. The SMILES string of the molecule is C=C(C)C(=O)OCCNC(=O)COCCOCCOCCOC1(C)c2cc(C)ccc2-c2c1c1c(c3cc(C)ccc23)OC(c2ccc(OC)cc2)(c2ccc(OC)cc2)C=C1. The van der Waals surface area contributed by atoms with E-state index in [4.69, 9.17) is 37.9 Å². The fraction of sp³-hybridized carbons (Fsp3) is 0.333. The number of hydrogen-bond donors (Lipinski definition) is 1. The average Bonchev–Trinajstić information content (AvgIpc) is 3.53. The fourth-order valence-corrected chi connectivity index (χ4v) is 8.16. The lowest BCUT2D eigenvalue weighted by atomic mass is 9.80. The molecule has 5 aromatic rings. The largest absolute Gasteiger partial charge is 0.497 e. The number of nitrogens with one attached hydrogen (secondary N) is 1. The molecular formula is C51H55NO10. The van der Waals surface area contributed by atoms with E-state index < -0.39 is 17.2 Å². The molecule has 1 amide bonds. The molecule has 11 nitrogen and oxygen atoms in total. The third kappa shape index (κ3) is 9.12. The molecule has 0 aromatic heterocycles. The molecule has 1 aliphatic heterocycles. The van der Waals surface area contributed by atoms with Crippen molar-refractivity contribution in [2.24, 2.45) is 0 Å². The number of ether oxygens (including phenoxy) is 8. The lowest BCUT2D eigenvalue weighted by molar-refractivity contribution is -0.139. The Labute approximate surface area is 363 Å². The lowest BCUT2D eigenvalue weighted by Crippen LogP contribution is -2.35. The van der Waals surface area contributed by atoms with Crippen molar-refractivity contribution in [3.63, 3.8) is 0 Å². The molecule has 1 unspecified atom stereocenters. The summed E-state index contributed by atoms with van der Waals surface area (Å²) in [5.41, 5.74) is 8.12. The van der Waals surface area contributed by atoms with Crippen LogP contribution < -0.4 is 19.5 Å². The van der Waals surface area contributed by atoms with E-state index in [1.165, 1.54) is 0 Å². The monoisotopic (exact) mass is 841 g/mol. The molecule has 0 radical (unpaired) electrons. The Morgan fingerprint density at radius 3 is 1.95 bits per heavy atom. The van der Waals surface area contributed by atoms with Gasteiger partial charge in [0, 0.05) is 33.2 Å². The van der Waals surface area contributed by atoms with Gasteiger partial charge in [0.05, 0.1) is 60.4 Å². The predicted molar refractivity (Wildman–Crippen MR) is 239 cm³/mol. The van der Waals surface area contributed by atoms with E-state index in [9.17, 15) is 9.59 Å². The summed E-state index contributed by atoms with van der Waals surface area (Å²) in [4.78, 5) is 23.4. The van der Waals surface area contributed by atoms with Crippen LogP contribution in [-0.4, -0.2) is 85.5 Å². The molecule has 0 bridgehead atoms. The highest BCUT2D eigenvalue weighted by molar-refractivity contribution is 6.08. The number of methoxy groups -OCH3 is 2. The van der Waals surface area contributed by atoms with Gasteiger partial charge in [0.2, 0.25) is 5.91 Å². The zero-order chi connectivity index (χ0) is 43.9. The number of carbonyl (C=O) groups excluding carboxylic acids is 2. The molecule has 0 saturated heterocycles. The number of carbonyl (C=O) groups is 2. The van der Waals surface area contributed by atoms with Gasteiger partial charge in [0.15, 0.2) is 5.60 Å². The van der Waals surface area contributed by atoms with Gasteiger partial charge in [-0.25, -0.2) is 4.79 Å². The van der Waals surface area contributed by atoms with Crippen LogP contribution in [0, 0.1) is 13.8 Å². The van der Waals surface area contributed by atoms with Gasteiger partial charge in [-0.2, -0.15) is 0 Å². The highest BCUT2D eigenvalue weighted by atomic mass is 16.6. The van der Waals surface area contributed by atoms with Crippen molar-refractivity contribution < 1.29 is 47.5 Å². The number of hydrogen-bond acceptors (Lipinski definition) is 10. The first kappa shape index (κ1) is 44.1. The molecule has 7 rings (SSSR count). The van der Waals surface area contributed by atoms with Crippen molar-refractivity contribution >= 4 is 28.7 Å². The van der Waals surface area contributed by atoms with Gasteiger partial charge in [-0.15, -0.1) is 0 Å². The second-order valence-electron chi connectivity index (χ2n) is 15.6. The number of rotatable bonds is 20. The molecule has 1 atom stereocenters. The van der Waals surface area contributed by atoms with Crippen LogP contribution in [0.25, 0.3) is 28.0 Å². The number of amides is 1. The third-order valence-electron chi connectivity index (χ3n) is 11.3. The number of fused-ring (bicyclic) bond motifs is 8. The van der Waals surface area contributed by atoms with Crippen LogP contribution in [0.5, 0.6) is 17.2 Å². The van der Waals surface area contributed by atoms with Gasteiger partial charge < -0.3 is 43.2 Å². The Morgan fingerprint density at radius 2 is 1.32 bits per heavy atom. The van der Waals surface area contributed by atoms with Crippen LogP contribution in [0.15, 0.2) is 103 Å². The molecule has 1 aliphatic carbocycles. The van der Waals surface area contributed by atoms with Crippen molar-refractivity contribution in [2.45, 2.75) is 38.9 Å². The van der Waals surface area contributed by atoms with Gasteiger partial charge in [-0.3, -0.25) is 4.79 Å². The zero-order valence-electron chi connectivity index (χ0n) is 36.4. The van der Waals surface area contributed by atoms with E-state index in [1.807, 2.05) is 24.3 Å². The van der Waals surface area contributed by atoms with Crippen molar-refractivity contribution in [2.75, 3.05) is 73.6 Å². The van der Waals surface area contributed by atoms with E-state index >= 15 is 0 Å². The Morgan fingerprint density at radius 1 is 0.726 bits per heavy atom. The molecule has 1 heterocycles. The minimum absolute atomic E-state index is 0.0644. The first-order valence-corrected chi connectivity index (χ1v) is 20.8. The highest BCUT2D eigenvalue weighted by Gasteiger charge is 2.47. The van der Waals surface area contributed by atoms with Crippen LogP contribution in [-0.2, 0) is 44.5 Å². The maximum Gasteiger partial charge on any atom is 0.333 e. The van der Waals surface area contributed by atoms with E-state index in [0.717, 1.165) is 78.1 Å². The Bertz CT molecular complexity index is 2410. The quantitative estimate of drug-likeness (QED) is 0.0465. The van der Waals surface area contributed by atoms with Gasteiger partial charge in [-0.1, -0.05) is 78.4 Å². The van der Waals surface area contributed by atoms with E-state index in [0.29, 0.717) is 38.6 Å². The molecule has 0 fully saturated rings. The number of aryl methyl sites for hydroxylation is 2. The first-order valence-electron chi connectivity index (χ1n) is 20.8. The fourth-order valence-electron chi connectivity index (χ4n) is 8.16. The average molecular weight is 842 g/mol. The number of benzene rings is 5. The summed E-state index contributed by atoms with van der Waals surface area (Å²) >= 11 is 0. The summed E-state index contributed by atoms with van der Waals surface area (Å²) in [6.07, 6.45) is 4.37. The van der Waals surface area contributed by atoms with Crippen LogP contribution in [0.2, 0.25) is 0 Å². The van der Waals surface area contributed by atoms with Crippen molar-refractivity contribution in [1.29, 1.82) is 0 Å². The maximum atomic E-state index is 12.0.